The fourth-order valence-electron chi connectivity index (χ4n) is 2.66. The summed E-state index contributed by atoms with van der Waals surface area (Å²) in [6.45, 7) is 10.1. The van der Waals surface area contributed by atoms with Crippen molar-refractivity contribution in [2.45, 2.75) is 40.2 Å². The van der Waals surface area contributed by atoms with Crippen molar-refractivity contribution in [1.29, 1.82) is 0 Å². The molecule has 2 rings (SSSR count). The summed E-state index contributed by atoms with van der Waals surface area (Å²) in [7, 11) is 1.80. The molecular formula is C18H28IN5S. The van der Waals surface area contributed by atoms with Gasteiger partial charge >= 0.3 is 0 Å². The second-order valence-electron chi connectivity index (χ2n) is 6.19. The third kappa shape index (κ3) is 6.54. The molecule has 0 aliphatic heterocycles. The quantitative estimate of drug-likeness (QED) is 0.380. The minimum atomic E-state index is 0. The molecule has 1 atom stereocenters. The Kier molecular flexibility index (Phi) is 9.34. The summed E-state index contributed by atoms with van der Waals surface area (Å²) in [4.78, 5) is 14.3. The Hall–Kier alpha value is -1.22. The molecule has 138 valence electrons. The summed E-state index contributed by atoms with van der Waals surface area (Å²) >= 11 is 1.73. The van der Waals surface area contributed by atoms with E-state index in [0.29, 0.717) is 11.8 Å². The Bertz CT molecular complexity index is 669. The van der Waals surface area contributed by atoms with E-state index in [-0.39, 0.29) is 24.0 Å². The average Bonchev–Trinajstić information content (AvgIpc) is 2.89. The van der Waals surface area contributed by atoms with Crippen molar-refractivity contribution < 1.29 is 0 Å². The minimum absolute atomic E-state index is 0. The van der Waals surface area contributed by atoms with Crippen LogP contribution in [0.1, 0.15) is 40.9 Å². The van der Waals surface area contributed by atoms with Crippen molar-refractivity contribution in [3.63, 3.8) is 0 Å². The van der Waals surface area contributed by atoms with E-state index in [1.54, 1.807) is 18.4 Å². The zero-order valence-corrected chi connectivity index (χ0v) is 18.7. The van der Waals surface area contributed by atoms with E-state index in [2.05, 4.69) is 45.5 Å². The number of aryl methyl sites for hydroxylation is 2. The van der Waals surface area contributed by atoms with Crippen LogP contribution in [0.25, 0.3) is 0 Å². The summed E-state index contributed by atoms with van der Waals surface area (Å²) in [5.74, 6) is 1.73. The van der Waals surface area contributed by atoms with Gasteiger partial charge in [0.25, 0.3) is 0 Å². The number of nitrogens with zero attached hydrogens (tertiary/aromatic N) is 3. The van der Waals surface area contributed by atoms with E-state index < -0.39 is 0 Å². The lowest BCUT2D eigenvalue weighted by atomic mass is 9.89. The third-order valence-corrected chi connectivity index (χ3v) is 5.12. The van der Waals surface area contributed by atoms with Gasteiger partial charge in [0.05, 0.1) is 17.2 Å². The van der Waals surface area contributed by atoms with Crippen LogP contribution in [0.2, 0.25) is 0 Å². The molecule has 2 aromatic heterocycles. The maximum absolute atomic E-state index is 4.46. The zero-order chi connectivity index (χ0) is 17.5. The maximum atomic E-state index is 4.46. The molecule has 25 heavy (non-hydrogen) atoms. The van der Waals surface area contributed by atoms with Crippen LogP contribution in [0.5, 0.6) is 0 Å². The van der Waals surface area contributed by atoms with Gasteiger partial charge in [-0.25, -0.2) is 4.98 Å². The van der Waals surface area contributed by atoms with Crippen LogP contribution in [0, 0.1) is 19.8 Å². The Labute approximate surface area is 171 Å². The van der Waals surface area contributed by atoms with Crippen LogP contribution < -0.4 is 10.6 Å². The predicted octanol–water partition coefficient (Wildman–Crippen LogP) is 3.88. The molecule has 0 spiro atoms. The van der Waals surface area contributed by atoms with Crippen molar-refractivity contribution >= 4 is 41.3 Å². The number of guanidine groups is 1. The first-order valence-corrected chi connectivity index (χ1v) is 9.10. The number of pyridine rings is 1. The molecule has 2 aromatic rings. The van der Waals surface area contributed by atoms with Crippen molar-refractivity contribution in [2.75, 3.05) is 13.6 Å². The van der Waals surface area contributed by atoms with E-state index in [4.69, 9.17) is 0 Å². The average molecular weight is 473 g/mol. The Morgan fingerprint density at radius 1 is 1.28 bits per heavy atom. The Balaban J connectivity index is 0.00000312. The predicted molar refractivity (Wildman–Crippen MR) is 117 cm³/mol. The normalized spacial score (nSPS) is 12.6. The third-order valence-electron chi connectivity index (χ3n) is 4.05. The van der Waals surface area contributed by atoms with Crippen LogP contribution in [0.4, 0.5) is 0 Å². The van der Waals surface area contributed by atoms with Gasteiger partial charge in [0, 0.05) is 36.8 Å². The summed E-state index contributed by atoms with van der Waals surface area (Å²) in [6, 6.07) is 4.13. The molecule has 0 amide bonds. The molecule has 0 bridgehead atoms. The number of rotatable bonds is 6. The number of aliphatic imine (C=N–C) groups is 1. The highest BCUT2D eigenvalue weighted by Gasteiger charge is 2.16. The van der Waals surface area contributed by atoms with Gasteiger partial charge < -0.3 is 10.6 Å². The zero-order valence-electron chi connectivity index (χ0n) is 15.5. The molecule has 0 radical (unpaired) electrons. The number of halogens is 1. The highest BCUT2D eigenvalue weighted by atomic mass is 127. The topological polar surface area (TPSA) is 62.2 Å². The fourth-order valence-corrected chi connectivity index (χ4v) is 3.54. The fraction of sp³-hybridized carbons (Fsp3) is 0.500. The van der Waals surface area contributed by atoms with Gasteiger partial charge in [-0.05, 0) is 31.4 Å². The molecule has 0 fully saturated rings. The van der Waals surface area contributed by atoms with E-state index >= 15 is 0 Å². The summed E-state index contributed by atoms with van der Waals surface area (Å²) in [6.07, 6.45) is 3.76. The van der Waals surface area contributed by atoms with E-state index in [0.717, 1.165) is 29.8 Å². The van der Waals surface area contributed by atoms with Crippen molar-refractivity contribution in [2.24, 2.45) is 10.9 Å². The number of hydrogen-bond acceptors (Lipinski definition) is 4. The Morgan fingerprint density at radius 2 is 2.04 bits per heavy atom. The van der Waals surface area contributed by atoms with Crippen molar-refractivity contribution in [1.82, 2.24) is 20.6 Å². The van der Waals surface area contributed by atoms with Crippen LogP contribution in [0.15, 0.2) is 29.5 Å². The minimum Gasteiger partial charge on any atom is -0.356 e. The number of nitrogens with one attached hydrogen (secondary N) is 2. The second-order valence-corrected chi connectivity index (χ2v) is 7.47. The van der Waals surface area contributed by atoms with Crippen molar-refractivity contribution in [3.8, 4) is 0 Å². The van der Waals surface area contributed by atoms with Crippen LogP contribution >= 0.6 is 35.3 Å². The summed E-state index contributed by atoms with van der Waals surface area (Å²) in [5.41, 5.74) is 2.35. The van der Waals surface area contributed by atoms with Gasteiger partial charge in [0.15, 0.2) is 5.96 Å². The largest absolute Gasteiger partial charge is 0.356 e. The van der Waals surface area contributed by atoms with Gasteiger partial charge in [0.2, 0.25) is 0 Å². The molecule has 2 N–H and O–H groups in total. The number of aromatic nitrogens is 2. The van der Waals surface area contributed by atoms with E-state index in [9.17, 15) is 0 Å². The molecule has 7 heteroatoms. The molecule has 0 saturated carbocycles. The van der Waals surface area contributed by atoms with Crippen molar-refractivity contribution in [3.05, 3.63) is 45.7 Å². The molecule has 1 unspecified atom stereocenters. The van der Waals surface area contributed by atoms with Crippen LogP contribution in [-0.2, 0) is 6.54 Å². The Morgan fingerprint density at radius 3 is 2.56 bits per heavy atom. The molecular weight excluding hydrogens is 445 g/mol. The summed E-state index contributed by atoms with van der Waals surface area (Å²) < 4.78 is 0. The molecule has 2 heterocycles. The number of hydrogen-bond donors (Lipinski definition) is 2. The standard InChI is InChI=1S/C18H27N5S.HI/c1-12(2)16(15-7-6-8-20-9-15)10-21-18(19-5)22-11-17-13(3)23-14(4)24-17;/h6-9,12,16H,10-11H2,1-5H3,(H2,19,21,22);1H. The first-order valence-electron chi connectivity index (χ1n) is 8.28. The van der Waals surface area contributed by atoms with Gasteiger partial charge in [-0.3, -0.25) is 9.98 Å². The summed E-state index contributed by atoms with van der Waals surface area (Å²) in [5, 5.41) is 7.92. The first kappa shape index (κ1) is 21.8. The van der Waals surface area contributed by atoms with Gasteiger partial charge in [-0.2, -0.15) is 0 Å². The first-order chi connectivity index (χ1) is 11.5. The van der Waals surface area contributed by atoms with Crippen LogP contribution in [-0.4, -0.2) is 29.5 Å². The van der Waals surface area contributed by atoms with Crippen LogP contribution in [0.3, 0.4) is 0 Å². The lowest BCUT2D eigenvalue weighted by Gasteiger charge is -2.22. The second kappa shape index (κ2) is 10.7. The van der Waals surface area contributed by atoms with E-state index in [1.807, 2.05) is 32.3 Å². The smallest absolute Gasteiger partial charge is 0.191 e. The molecule has 0 saturated heterocycles. The highest BCUT2D eigenvalue weighted by Crippen LogP contribution is 2.22. The molecule has 0 aromatic carbocycles. The lowest BCUT2D eigenvalue weighted by molar-refractivity contribution is 0.487. The maximum Gasteiger partial charge on any atom is 0.191 e. The lowest BCUT2D eigenvalue weighted by Crippen LogP contribution is -2.39. The molecule has 0 aliphatic carbocycles. The monoisotopic (exact) mass is 473 g/mol. The SMILES string of the molecule is CN=C(NCc1sc(C)nc1C)NCC(c1cccnc1)C(C)C.I. The van der Waals surface area contributed by atoms with E-state index in [1.165, 1.54) is 10.4 Å². The number of thiazole rings is 1. The van der Waals surface area contributed by atoms with Gasteiger partial charge in [-0.15, -0.1) is 35.3 Å². The van der Waals surface area contributed by atoms with Gasteiger partial charge in [-0.1, -0.05) is 19.9 Å². The highest BCUT2D eigenvalue weighted by molar-refractivity contribution is 14.0. The molecule has 5 nitrogen and oxygen atoms in total. The molecule has 0 aliphatic rings. The van der Waals surface area contributed by atoms with Gasteiger partial charge in [0.1, 0.15) is 0 Å².